The maximum atomic E-state index is 11.0. The topological polar surface area (TPSA) is 65.0 Å². The molecule has 1 aromatic heterocycles. The molecule has 0 unspecified atom stereocenters. The average Bonchev–Trinajstić information content (AvgIpc) is 2.39. The number of carboxylic acids is 1. The van der Waals surface area contributed by atoms with Gasteiger partial charge in [-0.3, -0.25) is 4.98 Å². The Morgan fingerprint density at radius 1 is 1.32 bits per heavy atom. The molecule has 0 aliphatic heterocycles. The Morgan fingerprint density at radius 3 is 2.74 bits per heavy atom. The molecule has 0 saturated carbocycles. The molecule has 0 fully saturated rings. The van der Waals surface area contributed by atoms with Crippen molar-refractivity contribution in [2.45, 2.75) is 6.92 Å². The molecule has 1 aromatic carbocycles. The number of hydrogen-bond donors (Lipinski definition) is 1. The molecular formula is C13H9Cl2N2O2-. The highest BCUT2D eigenvalue weighted by molar-refractivity contribution is 6.39. The number of rotatable bonds is 3. The van der Waals surface area contributed by atoms with Crippen LogP contribution in [-0.4, -0.2) is 11.0 Å². The summed E-state index contributed by atoms with van der Waals surface area (Å²) in [6, 6.07) is 4.80. The number of aromatic carboxylic acids is 1. The highest BCUT2D eigenvalue weighted by atomic mass is 35.5. The molecular weight excluding hydrogens is 287 g/mol. The van der Waals surface area contributed by atoms with Crippen LogP contribution in [-0.2, 0) is 0 Å². The molecule has 0 saturated heterocycles. The Kier molecular flexibility index (Phi) is 3.93. The van der Waals surface area contributed by atoms with E-state index in [1.54, 1.807) is 12.1 Å². The number of anilines is 2. The van der Waals surface area contributed by atoms with E-state index in [2.05, 4.69) is 10.3 Å². The van der Waals surface area contributed by atoms with Crippen molar-refractivity contribution < 1.29 is 9.90 Å². The molecule has 98 valence electrons. The van der Waals surface area contributed by atoms with Crippen LogP contribution in [0.5, 0.6) is 0 Å². The number of carboxylic acid groups (broad SMARTS) is 1. The SMILES string of the molecule is Cc1ccc(Cl)c(Nc2cnccc2C(=O)[O-])c1Cl. The van der Waals surface area contributed by atoms with Crippen LogP contribution in [0, 0.1) is 6.92 Å². The lowest BCUT2D eigenvalue weighted by molar-refractivity contribution is -0.254. The van der Waals surface area contributed by atoms with Crippen LogP contribution >= 0.6 is 23.2 Å². The van der Waals surface area contributed by atoms with E-state index in [1.807, 2.05) is 6.92 Å². The summed E-state index contributed by atoms with van der Waals surface area (Å²) in [7, 11) is 0. The van der Waals surface area contributed by atoms with Crippen molar-refractivity contribution in [1.82, 2.24) is 4.98 Å². The van der Waals surface area contributed by atoms with E-state index in [-0.39, 0.29) is 11.3 Å². The monoisotopic (exact) mass is 295 g/mol. The second-order valence-electron chi connectivity index (χ2n) is 3.89. The van der Waals surface area contributed by atoms with E-state index in [0.717, 1.165) is 5.56 Å². The molecule has 2 rings (SSSR count). The van der Waals surface area contributed by atoms with Gasteiger partial charge in [0.2, 0.25) is 0 Å². The largest absolute Gasteiger partial charge is 0.545 e. The van der Waals surface area contributed by atoms with Gasteiger partial charge in [-0.05, 0) is 24.6 Å². The van der Waals surface area contributed by atoms with Crippen LogP contribution in [0.2, 0.25) is 10.0 Å². The van der Waals surface area contributed by atoms with Gasteiger partial charge in [-0.1, -0.05) is 29.3 Å². The standard InChI is InChI=1S/C13H10Cl2N2O2/c1-7-2-3-9(14)12(11(7)15)17-10-6-16-5-4-8(10)13(18)19/h2-6,17H,1H3,(H,18,19)/p-1. The van der Waals surface area contributed by atoms with E-state index in [4.69, 9.17) is 23.2 Å². The smallest absolute Gasteiger partial charge is 0.0766 e. The van der Waals surface area contributed by atoms with Crippen LogP contribution in [0.25, 0.3) is 0 Å². The summed E-state index contributed by atoms with van der Waals surface area (Å²) in [5.41, 5.74) is 1.53. The number of nitrogens with one attached hydrogen (secondary N) is 1. The van der Waals surface area contributed by atoms with Crippen LogP contribution < -0.4 is 10.4 Å². The number of carbonyl (C=O) groups excluding carboxylic acids is 1. The lowest BCUT2D eigenvalue weighted by atomic mass is 10.2. The first-order valence-electron chi connectivity index (χ1n) is 5.37. The van der Waals surface area contributed by atoms with Gasteiger partial charge in [-0.15, -0.1) is 0 Å². The highest BCUT2D eigenvalue weighted by Gasteiger charge is 2.11. The predicted molar refractivity (Wildman–Crippen MR) is 73.0 cm³/mol. The van der Waals surface area contributed by atoms with Gasteiger partial charge in [0.05, 0.1) is 33.6 Å². The van der Waals surface area contributed by atoms with Crippen LogP contribution in [0.1, 0.15) is 15.9 Å². The highest BCUT2D eigenvalue weighted by Crippen LogP contribution is 2.35. The lowest BCUT2D eigenvalue weighted by Crippen LogP contribution is -2.23. The minimum absolute atomic E-state index is 0.0105. The van der Waals surface area contributed by atoms with Gasteiger partial charge in [0.25, 0.3) is 0 Å². The molecule has 6 heteroatoms. The van der Waals surface area contributed by atoms with Crippen LogP contribution in [0.15, 0.2) is 30.6 Å². The van der Waals surface area contributed by atoms with Crippen LogP contribution in [0.4, 0.5) is 11.4 Å². The Hall–Kier alpha value is -1.78. The molecule has 1 heterocycles. The van der Waals surface area contributed by atoms with Gasteiger partial charge >= 0.3 is 0 Å². The van der Waals surface area contributed by atoms with E-state index in [9.17, 15) is 9.90 Å². The fourth-order valence-corrected chi connectivity index (χ4v) is 2.04. The van der Waals surface area contributed by atoms with E-state index < -0.39 is 5.97 Å². The summed E-state index contributed by atoms with van der Waals surface area (Å²) in [4.78, 5) is 14.9. The van der Waals surface area contributed by atoms with Crippen LogP contribution in [0.3, 0.4) is 0 Å². The minimum Gasteiger partial charge on any atom is -0.545 e. The Labute approximate surface area is 120 Å². The van der Waals surface area contributed by atoms with Gasteiger partial charge in [0.1, 0.15) is 0 Å². The second kappa shape index (κ2) is 5.47. The molecule has 0 radical (unpaired) electrons. The van der Waals surface area contributed by atoms with Crippen molar-refractivity contribution in [2.24, 2.45) is 0 Å². The molecule has 0 aliphatic carbocycles. The third-order valence-electron chi connectivity index (χ3n) is 2.58. The molecule has 19 heavy (non-hydrogen) atoms. The number of carbonyl (C=O) groups is 1. The van der Waals surface area contributed by atoms with E-state index in [1.165, 1.54) is 18.5 Å². The average molecular weight is 296 g/mol. The summed E-state index contributed by atoms with van der Waals surface area (Å²) in [5, 5.41) is 14.7. The van der Waals surface area contributed by atoms with Crippen molar-refractivity contribution in [2.75, 3.05) is 5.32 Å². The maximum absolute atomic E-state index is 11.0. The molecule has 0 atom stereocenters. The molecule has 0 spiro atoms. The van der Waals surface area contributed by atoms with E-state index in [0.29, 0.717) is 15.7 Å². The number of hydrogen-bond acceptors (Lipinski definition) is 4. The zero-order valence-corrected chi connectivity index (χ0v) is 11.4. The van der Waals surface area contributed by atoms with Crippen molar-refractivity contribution in [3.63, 3.8) is 0 Å². The summed E-state index contributed by atoms with van der Waals surface area (Å²) < 4.78 is 0. The predicted octanol–water partition coefficient (Wildman–Crippen LogP) is 2.80. The zero-order valence-electron chi connectivity index (χ0n) is 9.91. The first-order valence-corrected chi connectivity index (χ1v) is 6.13. The first-order chi connectivity index (χ1) is 9.00. The van der Waals surface area contributed by atoms with Crippen molar-refractivity contribution in [3.8, 4) is 0 Å². The van der Waals surface area contributed by atoms with E-state index >= 15 is 0 Å². The normalized spacial score (nSPS) is 10.3. The van der Waals surface area contributed by atoms with Crippen molar-refractivity contribution in [1.29, 1.82) is 0 Å². The summed E-state index contributed by atoms with van der Waals surface area (Å²) in [6.07, 6.45) is 2.75. The third-order valence-corrected chi connectivity index (χ3v) is 3.39. The molecule has 0 aliphatic rings. The molecule has 4 nitrogen and oxygen atoms in total. The lowest BCUT2D eigenvalue weighted by Gasteiger charge is -2.15. The quantitative estimate of drug-likeness (QED) is 0.946. The Balaban J connectivity index is 2.48. The number of aromatic nitrogens is 1. The number of pyridine rings is 1. The molecule has 0 amide bonds. The number of benzene rings is 1. The Bertz CT molecular complexity index is 645. The zero-order chi connectivity index (χ0) is 14.0. The Morgan fingerprint density at radius 2 is 2.05 bits per heavy atom. The van der Waals surface area contributed by atoms with Gasteiger partial charge in [-0.25, -0.2) is 0 Å². The summed E-state index contributed by atoms with van der Waals surface area (Å²) >= 11 is 12.2. The summed E-state index contributed by atoms with van der Waals surface area (Å²) in [6.45, 7) is 1.83. The third kappa shape index (κ3) is 2.80. The fourth-order valence-electron chi connectivity index (χ4n) is 1.58. The minimum atomic E-state index is -1.30. The second-order valence-corrected chi connectivity index (χ2v) is 4.67. The van der Waals surface area contributed by atoms with Crippen molar-refractivity contribution in [3.05, 3.63) is 51.8 Å². The molecule has 2 aromatic rings. The number of aryl methyl sites for hydroxylation is 1. The number of halogens is 2. The maximum Gasteiger partial charge on any atom is 0.0766 e. The fraction of sp³-hybridized carbons (Fsp3) is 0.0769. The van der Waals surface area contributed by atoms with Gasteiger partial charge < -0.3 is 15.2 Å². The van der Waals surface area contributed by atoms with Gasteiger partial charge in [0.15, 0.2) is 0 Å². The van der Waals surface area contributed by atoms with Gasteiger partial charge in [-0.2, -0.15) is 0 Å². The van der Waals surface area contributed by atoms with Gasteiger partial charge in [0, 0.05) is 11.8 Å². The number of nitrogens with zero attached hydrogens (tertiary/aromatic N) is 1. The first kappa shape index (κ1) is 13.6. The molecule has 1 N–H and O–H groups in total. The molecule has 0 bridgehead atoms. The van der Waals surface area contributed by atoms with Crippen molar-refractivity contribution >= 4 is 40.5 Å². The summed E-state index contributed by atoms with van der Waals surface area (Å²) in [5.74, 6) is -1.30.